The van der Waals surface area contributed by atoms with Crippen molar-refractivity contribution in [2.45, 2.75) is 27.7 Å². The van der Waals surface area contributed by atoms with Crippen molar-refractivity contribution in [2.24, 2.45) is 0 Å². The summed E-state index contributed by atoms with van der Waals surface area (Å²) in [7, 11) is 0. The Morgan fingerprint density at radius 2 is 1.71 bits per heavy atom. The van der Waals surface area contributed by atoms with Crippen LogP contribution in [0, 0.1) is 20.8 Å². The zero-order valence-electron chi connectivity index (χ0n) is 14.0. The molecule has 0 aliphatic heterocycles. The summed E-state index contributed by atoms with van der Waals surface area (Å²) in [5.41, 5.74) is 1.68. The second-order valence-electron chi connectivity index (χ2n) is 5.24. The summed E-state index contributed by atoms with van der Waals surface area (Å²) in [6, 6.07) is 1.47. The first-order valence-corrected chi connectivity index (χ1v) is 7.47. The van der Waals surface area contributed by atoms with Crippen molar-refractivity contribution in [3.63, 3.8) is 0 Å². The van der Waals surface area contributed by atoms with Crippen molar-refractivity contribution in [3.05, 3.63) is 46.2 Å². The van der Waals surface area contributed by atoms with E-state index in [0.717, 1.165) is 0 Å². The molecule has 0 spiro atoms. The van der Waals surface area contributed by atoms with Gasteiger partial charge in [0.1, 0.15) is 11.3 Å². The maximum absolute atomic E-state index is 12.4. The molecule has 2 heterocycles. The molecular formula is C17H19NO6. The third kappa shape index (κ3) is 3.40. The Labute approximate surface area is 138 Å². The van der Waals surface area contributed by atoms with Crippen LogP contribution in [0.5, 0.6) is 0 Å². The molecule has 0 saturated heterocycles. The molecule has 24 heavy (non-hydrogen) atoms. The SMILES string of the molecule is CCOC(=O)c1c(C)[nH]c(C)c1C(=O)COC(=O)c1ccoc1C. The number of rotatable bonds is 6. The zero-order valence-corrected chi connectivity index (χ0v) is 14.0. The van der Waals surface area contributed by atoms with Crippen LogP contribution >= 0.6 is 0 Å². The number of hydrogen-bond donors (Lipinski definition) is 1. The molecule has 0 amide bonds. The van der Waals surface area contributed by atoms with E-state index in [2.05, 4.69) is 4.98 Å². The van der Waals surface area contributed by atoms with Gasteiger partial charge in [-0.3, -0.25) is 4.79 Å². The molecule has 0 bridgehead atoms. The molecule has 2 rings (SSSR count). The molecule has 0 fully saturated rings. The van der Waals surface area contributed by atoms with Gasteiger partial charge in [-0.25, -0.2) is 9.59 Å². The number of ketones is 1. The van der Waals surface area contributed by atoms with E-state index in [1.165, 1.54) is 12.3 Å². The highest BCUT2D eigenvalue weighted by atomic mass is 16.5. The molecule has 0 atom stereocenters. The van der Waals surface area contributed by atoms with Crippen LogP contribution in [-0.2, 0) is 9.47 Å². The lowest BCUT2D eigenvalue weighted by Gasteiger charge is -2.07. The van der Waals surface area contributed by atoms with Gasteiger partial charge in [0.15, 0.2) is 6.61 Å². The van der Waals surface area contributed by atoms with Gasteiger partial charge in [-0.15, -0.1) is 0 Å². The molecule has 2 aromatic heterocycles. The van der Waals surface area contributed by atoms with Crippen LogP contribution in [0.25, 0.3) is 0 Å². The molecule has 0 aliphatic carbocycles. The van der Waals surface area contributed by atoms with E-state index in [4.69, 9.17) is 13.9 Å². The highest BCUT2D eigenvalue weighted by Gasteiger charge is 2.26. The summed E-state index contributed by atoms with van der Waals surface area (Å²) in [6.45, 7) is 6.38. The van der Waals surface area contributed by atoms with Crippen LogP contribution < -0.4 is 0 Å². The van der Waals surface area contributed by atoms with Gasteiger partial charge in [-0.2, -0.15) is 0 Å². The van der Waals surface area contributed by atoms with Gasteiger partial charge >= 0.3 is 11.9 Å². The molecular weight excluding hydrogens is 314 g/mol. The number of nitrogens with one attached hydrogen (secondary N) is 1. The molecule has 0 aromatic carbocycles. The molecule has 0 unspecified atom stereocenters. The van der Waals surface area contributed by atoms with Gasteiger partial charge in [0.25, 0.3) is 0 Å². The standard InChI is InChI=1S/C17H19NO6/c1-5-22-17(21)15-10(3)18-9(2)14(15)13(19)8-24-16(20)12-6-7-23-11(12)4/h6-7,18H,5,8H2,1-4H3. The van der Waals surface area contributed by atoms with Crippen LogP contribution in [0.4, 0.5) is 0 Å². The third-order valence-corrected chi connectivity index (χ3v) is 3.55. The Hall–Kier alpha value is -2.83. The topological polar surface area (TPSA) is 98.6 Å². The average molecular weight is 333 g/mol. The van der Waals surface area contributed by atoms with Gasteiger partial charge in [-0.1, -0.05) is 0 Å². The molecule has 2 aromatic rings. The van der Waals surface area contributed by atoms with Crippen molar-refractivity contribution in [3.8, 4) is 0 Å². The molecule has 1 N–H and O–H groups in total. The highest BCUT2D eigenvalue weighted by Crippen LogP contribution is 2.20. The number of esters is 2. The van der Waals surface area contributed by atoms with Crippen LogP contribution in [-0.4, -0.2) is 35.9 Å². The maximum atomic E-state index is 12.4. The largest absolute Gasteiger partial charge is 0.469 e. The van der Waals surface area contributed by atoms with Gasteiger partial charge in [0.2, 0.25) is 5.78 Å². The van der Waals surface area contributed by atoms with E-state index in [0.29, 0.717) is 17.1 Å². The van der Waals surface area contributed by atoms with E-state index in [9.17, 15) is 14.4 Å². The van der Waals surface area contributed by atoms with Crippen molar-refractivity contribution in [1.29, 1.82) is 0 Å². The summed E-state index contributed by atoms with van der Waals surface area (Å²) < 4.78 is 15.0. The lowest BCUT2D eigenvalue weighted by molar-refractivity contribution is 0.0470. The van der Waals surface area contributed by atoms with E-state index in [-0.39, 0.29) is 23.3 Å². The monoisotopic (exact) mass is 333 g/mol. The summed E-state index contributed by atoms with van der Waals surface area (Å²) in [5, 5.41) is 0. The number of carbonyl (C=O) groups excluding carboxylic acids is 3. The number of carbonyl (C=O) groups is 3. The number of ether oxygens (including phenoxy) is 2. The quantitative estimate of drug-likeness (QED) is 0.644. The molecule has 128 valence electrons. The summed E-state index contributed by atoms with van der Waals surface area (Å²) in [5.74, 6) is -1.31. The fraction of sp³-hybridized carbons (Fsp3) is 0.353. The number of H-pyrrole nitrogens is 1. The number of furan rings is 1. The van der Waals surface area contributed by atoms with Crippen LogP contribution in [0.3, 0.4) is 0 Å². The normalized spacial score (nSPS) is 10.5. The van der Waals surface area contributed by atoms with Gasteiger partial charge in [0, 0.05) is 11.4 Å². The van der Waals surface area contributed by atoms with E-state index >= 15 is 0 Å². The Balaban J connectivity index is 2.17. The number of Topliss-reactive ketones (excluding diaryl/α,β-unsaturated/α-hetero) is 1. The first-order chi connectivity index (χ1) is 11.4. The zero-order chi connectivity index (χ0) is 17.9. The summed E-state index contributed by atoms with van der Waals surface area (Å²) in [6.07, 6.45) is 1.37. The fourth-order valence-electron chi connectivity index (χ4n) is 2.47. The molecule has 0 radical (unpaired) electrons. The lowest BCUT2D eigenvalue weighted by Crippen LogP contribution is -2.18. The van der Waals surface area contributed by atoms with Crippen molar-refractivity contribution in [2.75, 3.05) is 13.2 Å². The molecule has 7 heteroatoms. The Bertz CT molecular complexity index is 783. The third-order valence-electron chi connectivity index (χ3n) is 3.55. The second kappa shape index (κ2) is 7.16. The predicted octanol–water partition coefficient (Wildman–Crippen LogP) is 2.75. The number of aromatic amines is 1. The van der Waals surface area contributed by atoms with Gasteiger partial charge in [-0.05, 0) is 33.8 Å². The second-order valence-corrected chi connectivity index (χ2v) is 5.24. The van der Waals surface area contributed by atoms with Crippen molar-refractivity contribution in [1.82, 2.24) is 4.98 Å². The highest BCUT2D eigenvalue weighted by molar-refractivity contribution is 6.09. The molecule has 0 aliphatic rings. The number of aryl methyl sites for hydroxylation is 3. The van der Waals surface area contributed by atoms with Gasteiger partial charge in [0.05, 0.1) is 24.0 Å². The minimum atomic E-state index is -0.655. The smallest absolute Gasteiger partial charge is 0.342 e. The first-order valence-electron chi connectivity index (χ1n) is 7.47. The van der Waals surface area contributed by atoms with Crippen LogP contribution in [0.2, 0.25) is 0 Å². The first kappa shape index (κ1) is 17.5. The average Bonchev–Trinajstić information content (AvgIpc) is 3.07. The van der Waals surface area contributed by atoms with Crippen LogP contribution in [0.1, 0.15) is 55.1 Å². The fourth-order valence-corrected chi connectivity index (χ4v) is 2.47. The Kier molecular flexibility index (Phi) is 5.23. The minimum Gasteiger partial charge on any atom is -0.469 e. The summed E-state index contributed by atoms with van der Waals surface area (Å²) in [4.78, 5) is 39.4. The predicted molar refractivity (Wildman–Crippen MR) is 84.3 cm³/mol. The molecule has 7 nitrogen and oxygen atoms in total. The lowest BCUT2D eigenvalue weighted by atomic mass is 10.1. The van der Waals surface area contributed by atoms with Crippen molar-refractivity contribution < 1.29 is 28.3 Å². The maximum Gasteiger partial charge on any atom is 0.342 e. The van der Waals surface area contributed by atoms with E-state index < -0.39 is 24.3 Å². The Morgan fingerprint density at radius 1 is 1.04 bits per heavy atom. The van der Waals surface area contributed by atoms with Gasteiger partial charge < -0.3 is 18.9 Å². The van der Waals surface area contributed by atoms with Crippen LogP contribution in [0.15, 0.2) is 16.7 Å². The number of hydrogen-bond acceptors (Lipinski definition) is 6. The van der Waals surface area contributed by atoms with E-state index in [1.807, 2.05) is 0 Å². The van der Waals surface area contributed by atoms with Crippen molar-refractivity contribution >= 4 is 17.7 Å². The van der Waals surface area contributed by atoms with E-state index in [1.54, 1.807) is 27.7 Å². The molecule has 0 saturated carbocycles. The minimum absolute atomic E-state index is 0.176. The number of aromatic nitrogens is 1. The Morgan fingerprint density at radius 3 is 2.29 bits per heavy atom. The summed E-state index contributed by atoms with van der Waals surface area (Å²) >= 11 is 0.